The maximum atomic E-state index is 10.9. The van der Waals surface area contributed by atoms with Crippen LogP contribution in [0.1, 0.15) is 10.4 Å². The molecule has 0 aliphatic rings. The molecule has 2 rings (SSSR count). The summed E-state index contributed by atoms with van der Waals surface area (Å²) in [6.07, 6.45) is 1.75. The summed E-state index contributed by atoms with van der Waals surface area (Å²) in [6, 6.07) is 10.7. The zero-order valence-electron chi connectivity index (χ0n) is 10.3. The molecule has 0 fully saturated rings. The van der Waals surface area contributed by atoms with Crippen molar-refractivity contribution in [2.24, 2.45) is 0 Å². The van der Waals surface area contributed by atoms with Crippen molar-refractivity contribution in [3.63, 3.8) is 0 Å². The molecule has 4 nitrogen and oxygen atoms in total. The van der Waals surface area contributed by atoms with Gasteiger partial charge in [0.25, 0.3) is 0 Å². The van der Waals surface area contributed by atoms with Crippen LogP contribution in [0.15, 0.2) is 42.6 Å². The number of aromatic nitrogens is 1. The van der Waals surface area contributed by atoms with E-state index in [1.807, 2.05) is 37.2 Å². The summed E-state index contributed by atoms with van der Waals surface area (Å²) in [5.41, 5.74) is 2.04. The van der Waals surface area contributed by atoms with Crippen LogP contribution in [-0.4, -0.2) is 30.2 Å². The fourth-order valence-corrected chi connectivity index (χ4v) is 1.65. The highest BCUT2D eigenvalue weighted by Crippen LogP contribution is 2.21. The number of nitrogens with zero attached hydrogens (tertiary/aromatic N) is 2. The van der Waals surface area contributed by atoms with Gasteiger partial charge in [-0.05, 0) is 29.8 Å². The Morgan fingerprint density at radius 2 is 1.94 bits per heavy atom. The minimum absolute atomic E-state index is 0.282. The van der Waals surface area contributed by atoms with Crippen LogP contribution in [0, 0.1) is 0 Å². The second kappa shape index (κ2) is 4.87. The summed E-state index contributed by atoms with van der Waals surface area (Å²) in [4.78, 5) is 17.1. The predicted octanol–water partition coefficient (Wildman–Crippen LogP) is 2.51. The third-order valence-electron chi connectivity index (χ3n) is 2.65. The molecule has 0 saturated carbocycles. The van der Waals surface area contributed by atoms with E-state index < -0.39 is 5.97 Å². The predicted molar refractivity (Wildman–Crippen MR) is 71.0 cm³/mol. The highest BCUT2D eigenvalue weighted by Gasteiger charge is 2.05. The van der Waals surface area contributed by atoms with Crippen LogP contribution in [0.25, 0.3) is 11.1 Å². The summed E-state index contributed by atoms with van der Waals surface area (Å²) in [6.45, 7) is 0. The van der Waals surface area contributed by atoms with Gasteiger partial charge in [-0.2, -0.15) is 0 Å². The Labute approximate surface area is 106 Å². The van der Waals surface area contributed by atoms with E-state index in [0.29, 0.717) is 0 Å². The van der Waals surface area contributed by atoms with E-state index in [0.717, 1.165) is 16.9 Å². The van der Waals surface area contributed by atoms with E-state index in [-0.39, 0.29) is 5.56 Å². The lowest BCUT2D eigenvalue weighted by atomic mass is 10.0. The van der Waals surface area contributed by atoms with Crippen LogP contribution in [-0.2, 0) is 0 Å². The van der Waals surface area contributed by atoms with Crippen molar-refractivity contribution in [2.75, 3.05) is 19.0 Å². The molecule has 18 heavy (non-hydrogen) atoms. The third-order valence-corrected chi connectivity index (χ3v) is 2.65. The van der Waals surface area contributed by atoms with E-state index in [1.165, 1.54) is 0 Å². The molecule has 0 saturated heterocycles. The molecule has 0 spiro atoms. The van der Waals surface area contributed by atoms with Crippen molar-refractivity contribution >= 4 is 11.8 Å². The first kappa shape index (κ1) is 12.1. The van der Waals surface area contributed by atoms with Crippen LogP contribution in [0.3, 0.4) is 0 Å². The summed E-state index contributed by atoms with van der Waals surface area (Å²) >= 11 is 0. The van der Waals surface area contributed by atoms with Crippen molar-refractivity contribution in [2.45, 2.75) is 0 Å². The second-order valence-electron chi connectivity index (χ2n) is 4.19. The van der Waals surface area contributed by atoms with Crippen molar-refractivity contribution in [1.29, 1.82) is 0 Å². The molecular weight excluding hydrogens is 228 g/mol. The van der Waals surface area contributed by atoms with Crippen LogP contribution >= 0.6 is 0 Å². The number of aromatic carboxylic acids is 1. The van der Waals surface area contributed by atoms with Crippen molar-refractivity contribution in [1.82, 2.24) is 4.98 Å². The molecule has 0 atom stereocenters. The van der Waals surface area contributed by atoms with Gasteiger partial charge in [0.05, 0.1) is 5.56 Å². The van der Waals surface area contributed by atoms with Crippen LogP contribution < -0.4 is 4.90 Å². The molecule has 0 aliphatic heterocycles. The monoisotopic (exact) mass is 242 g/mol. The number of benzene rings is 1. The molecule has 0 aliphatic carbocycles. The van der Waals surface area contributed by atoms with Gasteiger partial charge in [-0.25, -0.2) is 9.78 Å². The molecular formula is C14H14N2O2. The Morgan fingerprint density at radius 1 is 1.17 bits per heavy atom. The normalized spacial score (nSPS) is 10.1. The lowest BCUT2D eigenvalue weighted by molar-refractivity contribution is 0.0697. The first-order chi connectivity index (χ1) is 8.58. The first-order valence-corrected chi connectivity index (χ1v) is 5.55. The van der Waals surface area contributed by atoms with Gasteiger partial charge in [-0.15, -0.1) is 0 Å². The zero-order valence-corrected chi connectivity index (χ0v) is 10.3. The molecule has 0 unspecified atom stereocenters. The van der Waals surface area contributed by atoms with E-state index >= 15 is 0 Å². The van der Waals surface area contributed by atoms with Gasteiger partial charge < -0.3 is 10.0 Å². The van der Waals surface area contributed by atoms with Crippen molar-refractivity contribution in [3.8, 4) is 11.1 Å². The van der Waals surface area contributed by atoms with Gasteiger partial charge in [0.1, 0.15) is 5.82 Å². The van der Waals surface area contributed by atoms with E-state index in [4.69, 9.17) is 5.11 Å². The average Bonchev–Trinajstić information content (AvgIpc) is 2.39. The Hall–Kier alpha value is -2.36. The maximum absolute atomic E-state index is 10.9. The van der Waals surface area contributed by atoms with Crippen LogP contribution in [0.2, 0.25) is 0 Å². The third kappa shape index (κ3) is 2.48. The molecule has 1 heterocycles. The summed E-state index contributed by atoms with van der Waals surface area (Å²) < 4.78 is 0. The Bertz CT molecular complexity index is 562. The molecule has 2 aromatic rings. The summed E-state index contributed by atoms with van der Waals surface area (Å²) in [7, 11) is 3.85. The zero-order chi connectivity index (χ0) is 13.1. The van der Waals surface area contributed by atoms with Gasteiger partial charge >= 0.3 is 5.97 Å². The molecule has 0 bridgehead atoms. The van der Waals surface area contributed by atoms with Gasteiger partial charge in [0, 0.05) is 25.9 Å². The lowest BCUT2D eigenvalue weighted by Gasteiger charge is -2.11. The fourth-order valence-electron chi connectivity index (χ4n) is 1.65. The average molecular weight is 242 g/mol. The topological polar surface area (TPSA) is 53.4 Å². The molecule has 0 amide bonds. The standard InChI is InChI=1S/C14H14N2O2/c1-16(2)13-7-6-12(9-15-13)10-4-3-5-11(8-10)14(17)18/h3-9H,1-2H3,(H,17,18). The van der Waals surface area contributed by atoms with Gasteiger partial charge in [0.15, 0.2) is 0 Å². The maximum Gasteiger partial charge on any atom is 0.335 e. The minimum Gasteiger partial charge on any atom is -0.478 e. The van der Waals surface area contributed by atoms with Crippen LogP contribution in [0.5, 0.6) is 0 Å². The quantitative estimate of drug-likeness (QED) is 0.898. The number of rotatable bonds is 3. The molecule has 1 aromatic carbocycles. The minimum atomic E-state index is -0.922. The van der Waals surface area contributed by atoms with E-state index in [1.54, 1.807) is 24.4 Å². The fraction of sp³-hybridized carbons (Fsp3) is 0.143. The molecule has 92 valence electrons. The Kier molecular flexibility index (Phi) is 3.28. The first-order valence-electron chi connectivity index (χ1n) is 5.55. The molecule has 0 radical (unpaired) electrons. The number of hydrogen-bond acceptors (Lipinski definition) is 3. The van der Waals surface area contributed by atoms with Gasteiger partial charge in [0.2, 0.25) is 0 Å². The SMILES string of the molecule is CN(C)c1ccc(-c2cccc(C(=O)O)c2)cn1. The van der Waals surface area contributed by atoms with E-state index in [9.17, 15) is 4.79 Å². The van der Waals surface area contributed by atoms with E-state index in [2.05, 4.69) is 4.98 Å². The highest BCUT2D eigenvalue weighted by molar-refractivity contribution is 5.89. The number of carboxylic acid groups (broad SMARTS) is 1. The number of carbonyl (C=O) groups is 1. The lowest BCUT2D eigenvalue weighted by Crippen LogP contribution is -2.09. The number of hydrogen-bond donors (Lipinski definition) is 1. The molecule has 1 N–H and O–H groups in total. The van der Waals surface area contributed by atoms with Crippen molar-refractivity contribution in [3.05, 3.63) is 48.2 Å². The number of pyridine rings is 1. The number of carboxylic acids is 1. The smallest absolute Gasteiger partial charge is 0.335 e. The second-order valence-corrected chi connectivity index (χ2v) is 4.19. The highest BCUT2D eigenvalue weighted by atomic mass is 16.4. The molecule has 4 heteroatoms. The Morgan fingerprint density at radius 3 is 2.50 bits per heavy atom. The largest absolute Gasteiger partial charge is 0.478 e. The van der Waals surface area contributed by atoms with Gasteiger partial charge in [-0.1, -0.05) is 12.1 Å². The summed E-state index contributed by atoms with van der Waals surface area (Å²) in [5.74, 6) is -0.0529. The van der Waals surface area contributed by atoms with Gasteiger partial charge in [-0.3, -0.25) is 0 Å². The van der Waals surface area contributed by atoms with Crippen molar-refractivity contribution < 1.29 is 9.90 Å². The Balaban J connectivity index is 2.36. The molecule has 1 aromatic heterocycles. The number of anilines is 1. The summed E-state index contributed by atoms with van der Waals surface area (Å²) in [5, 5.41) is 8.95. The van der Waals surface area contributed by atoms with Crippen LogP contribution in [0.4, 0.5) is 5.82 Å².